The Labute approximate surface area is 119 Å². The van der Waals surface area contributed by atoms with Crippen molar-refractivity contribution < 1.29 is 23.1 Å². The van der Waals surface area contributed by atoms with Gasteiger partial charge in [-0.25, -0.2) is 0 Å². The molecule has 0 saturated carbocycles. The van der Waals surface area contributed by atoms with Crippen LogP contribution in [0.15, 0.2) is 42.5 Å². The third-order valence-electron chi connectivity index (χ3n) is 3.00. The van der Waals surface area contributed by atoms with Gasteiger partial charge in [-0.2, -0.15) is 13.2 Å². The molecule has 0 aliphatic rings. The van der Waals surface area contributed by atoms with E-state index in [4.69, 9.17) is 0 Å². The molecule has 1 amide bonds. The third-order valence-corrected chi connectivity index (χ3v) is 3.00. The van der Waals surface area contributed by atoms with Gasteiger partial charge >= 0.3 is 6.18 Å². The molecule has 6 heteroatoms. The first-order valence-electron chi connectivity index (χ1n) is 6.06. The Kier molecular flexibility index (Phi) is 3.88. The average Bonchev–Trinajstić information content (AvgIpc) is 2.41. The number of amides is 1. The summed E-state index contributed by atoms with van der Waals surface area (Å²) < 4.78 is 37.8. The summed E-state index contributed by atoms with van der Waals surface area (Å²) in [7, 11) is 0. The van der Waals surface area contributed by atoms with E-state index >= 15 is 0 Å². The predicted molar refractivity (Wildman–Crippen MR) is 72.2 cm³/mol. The normalized spacial score (nSPS) is 11.2. The Morgan fingerprint density at radius 2 is 1.81 bits per heavy atom. The first-order chi connectivity index (χ1) is 9.79. The molecule has 0 unspecified atom stereocenters. The summed E-state index contributed by atoms with van der Waals surface area (Å²) in [5.74, 6) is -0.630. The lowest BCUT2D eigenvalue weighted by atomic mass is 10.1. The highest BCUT2D eigenvalue weighted by atomic mass is 19.4. The van der Waals surface area contributed by atoms with Crippen LogP contribution < -0.4 is 5.32 Å². The molecule has 0 atom stereocenters. The van der Waals surface area contributed by atoms with Crippen molar-refractivity contribution >= 4 is 11.6 Å². The van der Waals surface area contributed by atoms with Crippen LogP contribution in [-0.4, -0.2) is 11.0 Å². The zero-order valence-corrected chi connectivity index (χ0v) is 11.0. The predicted octanol–water partition coefficient (Wildman–Crippen LogP) is 3.97. The van der Waals surface area contributed by atoms with Crippen LogP contribution in [0.3, 0.4) is 0 Å². The standard InChI is InChI=1S/C15H12F3NO2/c1-9-12(6-3-7-13(9)20)14(21)19-11-5-2-4-10(8-11)15(16,17)18/h2-8,20H,1H3,(H,19,21). The number of carbonyl (C=O) groups excluding carboxylic acids is 1. The van der Waals surface area contributed by atoms with E-state index in [-0.39, 0.29) is 17.0 Å². The molecular weight excluding hydrogens is 283 g/mol. The molecule has 2 aromatic rings. The van der Waals surface area contributed by atoms with E-state index in [1.165, 1.54) is 30.3 Å². The number of hydrogen-bond acceptors (Lipinski definition) is 2. The lowest BCUT2D eigenvalue weighted by Gasteiger charge is -2.11. The highest BCUT2D eigenvalue weighted by Gasteiger charge is 2.30. The van der Waals surface area contributed by atoms with Crippen LogP contribution in [-0.2, 0) is 6.18 Å². The molecule has 0 saturated heterocycles. The quantitative estimate of drug-likeness (QED) is 0.880. The zero-order chi connectivity index (χ0) is 15.6. The Morgan fingerprint density at radius 3 is 2.48 bits per heavy atom. The van der Waals surface area contributed by atoms with Crippen LogP contribution in [0.4, 0.5) is 18.9 Å². The molecule has 0 aliphatic heterocycles. The third kappa shape index (κ3) is 3.34. The maximum Gasteiger partial charge on any atom is 0.416 e. The van der Waals surface area contributed by atoms with Crippen LogP contribution in [0, 0.1) is 6.92 Å². The summed E-state index contributed by atoms with van der Waals surface area (Å²) in [4.78, 5) is 12.0. The van der Waals surface area contributed by atoms with Gasteiger partial charge in [0.1, 0.15) is 5.75 Å². The number of halogens is 3. The fraction of sp³-hybridized carbons (Fsp3) is 0.133. The van der Waals surface area contributed by atoms with Crippen LogP contribution in [0.5, 0.6) is 5.75 Å². The molecule has 0 spiro atoms. The molecule has 0 radical (unpaired) electrons. The molecule has 2 N–H and O–H groups in total. The molecule has 3 nitrogen and oxygen atoms in total. The molecule has 0 heterocycles. The molecule has 0 fully saturated rings. The number of alkyl halides is 3. The number of carbonyl (C=O) groups is 1. The van der Waals surface area contributed by atoms with Gasteiger partial charge in [-0.15, -0.1) is 0 Å². The van der Waals surface area contributed by atoms with E-state index in [1.807, 2.05) is 0 Å². The maximum absolute atomic E-state index is 12.6. The highest BCUT2D eigenvalue weighted by molar-refractivity contribution is 6.05. The zero-order valence-electron chi connectivity index (χ0n) is 11.0. The summed E-state index contributed by atoms with van der Waals surface area (Å²) >= 11 is 0. The second kappa shape index (κ2) is 5.47. The van der Waals surface area contributed by atoms with Gasteiger partial charge in [0.15, 0.2) is 0 Å². The first-order valence-corrected chi connectivity index (χ1v) is 6.06. The Morgan fingerprint density at radius 1 is 1.14 bits per heavy atom. The topological polar surface area (TPSA) is 49.3 Å². The molecule has 0 bridgehead atoms. The van der Waals surface area contributed by atoms with Crippen LogP contribution in [0.25, 0.3) is 0 Å². The Hall–Kier alpha value is -2.50. The van der Waals surface area contributed by atoms with Crippen LogP contribution >= 0.6 is 0 Å². The molecule has 2 rings (SSSR count). The number of aromatic hydroxyl groups is 1. The van der Waals surface area contributed by atoms with Crippen molar-refractivity contribution in [1.29, 1.82) is 0 Å². The average molecular weight is 295 g/mol. The van der Waals surface area contributed by atoms with Crippen molar-refractivity contribution in [1.82, 2.24) is 0 Å². The lowest BCUT2D eigenvalue weighted by molar-refractivity contribution is -0.137. The Bertz CT molecular complexity index is 681. The second-order valence-electron chi connectivity index (χ2n) is 4.48. The van der Waals surface area contributed by atoms with E-state index in [0.29, 0.717) is 5.56 Å². The molecule has 0 aliphatic carbocycles. The van der Waals surface area contributed by atoms with Gasteiger partial charge in [0.25, 0.3) is 5.91 Å². The molecule has 110 valence electrons. The summed E-state index contributed by atoms with van der Waals surface area (Å²) in [6.07, 6.45) is -4.47. The van der Waals surface area contributed by atoms with Gasteiger partial charge in [0.05, 0.1) is 5.56 Å². The van der Waals surface area contributed by atoms with Gasteiger partial charge in [-0.1, -0.05) is 12.1 Å². The summed E-state index contributed by atoms with van der Waals surface area (Å²) in [6, 6.07) is 8.77. The second-order valence-corrected chi connectivity index (χ2v) is 4.48. The number of phenolic OH excluding ortho intramolecular Hbond substituents is 1. The van der Waals surface area contributed by atoms with E-state index in [0.717, 1.165) is 12.1 Å². The SMILES string of the molecule is Cc1c(O)cccc1C(=O)Nc1cccc(C(F)(F)F)c1. The monoisotopic (exact) mass is 295 g/mol. The van der Waals surface area contributed by atoms with Crippen molar-refractivity contribution in [3.05, 3.63) is 59.2 Å². The van der Waals surface area contributed by atoms with Crippen molar-refractivity contribution in [2.45, 2.75) is 13.1 Å². The van der Waals surface area contributed by atoms with E-state index in [2.05, 4.69) is 5.32 Å². The molecule has 0 aromatic heterocycles. The molecule has 21 heavy (non-hydrogen) atoms. The van der Waals surface area contributed by atoms with Gasteiger partial charge in [0.2, 0.25) is 0 Å². The fourth-order valence-electron chi connectivity index (χ4n) is 1.84. The summed E-state index contributed by atoms with van der Waals surface area (Å²) in [5, 5.41) is 11.9. The minimum atomic E-state index is -4.47. The number of phenols is 1. The van der Waals surface area contributed by atoms with E-state index < -0.39 is 17.6 Å². The number of benzene rings is 2. The van der Waals surface area contributed by atoms with Gasteiger partial charge in [0, 0.05) is 16.8 Å². The van der Waals surface area contributed by atoms with Crippen LogP contribution in [0.1, 0.15) is 21.5 Å². The van der Waals surface area contributed by atoms with Crippen molar-refractivity contribution in [3.8, 4) is 5.75 Å². The summed E-state index contributed by atoms with van der Waals surface area (Å²) in [5.41, 5.74) is -0.236. The summed E-state index contributed by atoms with van der Waals surface area (Å²) in [6.45, 7) is 1.55. The minimum absolute atomic E-state index is 0.0394. The smallest absolute Gasteiger partial charge is 0.416 e. The molecule has 2 aromatic carbocycles. The minimum Gasteiger partial charge on any atom is -0.508 e. The number of anilines is 1. The first kappa shape index (κ1) is 14.9. The van der Waals surface area contributed by atoms with E-state index in [1.54, 1.807) is 6.92 Å². The highest BCUT2D eigenvalue weighted by Crippen LogP contribution is 2.31. The van der Waals surface area contributed by atoms with Gasteiger partial charge in [-0.05, 0) is 37.3 Å². The van der Waals surface area contributed by atoms with Gasteiger partial charge in [-0.3, -0.25) is 4.79 Å². The number of hydrogen-bond donors (Lipinski definition) is 2. The van der Waals surface area contributed by atoms with Crippen molar-refractivity contribution in [2.24, 2.45) is 0 Å². The van der Waals surface area contributed by atoms with Crippen LogP contribution in [0.2, 0.25) is 0 Å². The number of nitrogens with one attached hydrogen (secondary N) is 1. The Balaban J connectivity index is 2.26. The number of rotatable bonds is 2. The maximum atomic E-state index is 12.6. The van der Waals surface area contributed by atoms with Gasteiger partial charge < -0.3 is 10.4 Å². The fourth-order valence-corrected chi connectivity index (χ4v) is 1.84. The lowest BCUT2D eigenvalue weighted by Crippen LogP contribution is -2.14. The van der Waals surface area contributed by atoms with E-state index in [9.17, 15) is 23.1 Å². The van der Waals surface area contributed by atoms with Crippen molar-refractivity contribution in [2.75, 3.05) is 5.32 Å². The molecular formula is C15H12F3NO2. The largest absolute Gasteiger partial charge is 0.508 e. The van der Waals surface area contributed by atoms with Crippen molar-refractivity contribution in [3.63, 3.8) is 0 Å².